The van der Waals surface area contributed by atoms with E-state index in [0.29, 0.717) is 11.5 Å². The first kappa shape index (κ1) is 16.8. The Labute approximate surface area is 138 Å². The van der Waals surface area contributed by atoms with Crippen LogP contribution in [-0.2, 0) is 4.74 Å². The van der Waals surface area contributed by atoms with Crippen molar-refractivity contribution in [3.05, 3.63) is 0 Å². The van der Waals surface area contributed by atoms with Crippen LogP contribution in [0.25, 0.3) is 0 Å². The highest BCUT2D eigenvalue weighted by atomic mass is 16.5. The number of hydrogen-bond donors (Lipinski definition) is 0. The zero-order valence-electron chi connectivity index (χ0n) is 15.3. The van der Waals surface area contributed by atoms with Gasteiger partial charge in [-0.25, -0.2) is 0 Å². The molecule has 0 spiro atoms. The van der Waals surface area contributed by atoms with Gasteiger partial charge in [0.15, 0.2) is 0 Å². The lowest BCUT2D eigenvalue weighted by Gasteiger charge is -2.46. The minimum atomic E-state index is 0.539. The Bertz CT molecular complexity index is 367. The molecule has 2 heteroatoms. The van der Waals surface area contributed by atoms with E-state index in [0.717, 1.165) is 23.8 Å². The van der Waals surface area contributed by atoms with Crippen LogP contribution in [0.3, 0.4) is 0 Å². The van der Waals surface area contributed by atoms with E-state index in [1.165, 1.54) is 64.3 Å². The first-order valence-corrected chi connectivity index (χ1v) is 9.79. The van der Waals surface area contributed by atoms with Crippen LogP contribution in [0.5, 0.6) is 0 Å². The zero-order chi connectivity index (χ0) is 15.7. The molecule has 0 amide bonds. The summed E-state index contributed by atoms with van der Waals surface area (Å²) in [7, 11) is 4.25. The Hall–Kier alpha value is -0.0800. The van der Waals surface area contributed by atoms with Gasteiger partial charge in [-0.2, -0.15) is 0 Å². The maximum atomic E-state index is 5.84. The molecule has 0 aromatic heterocycles. The van der Waals surface area contributed by atoms with Crippen LogP contribution in [0.15, 0.2) is 0 Å². The van der Waals surface area contributed by atoms with Gasteiger partial charge in [-0.15, -0.1) is 0 Å². The molecule has 0 saturated heterocycles. The summed E-state index contributed by atoms with van der Waals surface area (Å²) in [6.45, 7) is 6.43. The summed E-state index contributed by atoms with van der Waals surface area (Å²) in [6.07, 6.45) is 13.2. The van der Waals surface area contributed by atoms with Crippen LogP contribution in [0.2, 0.25) is 0 Å². The van der Waals surface area contributed by atoms with Gasteiger partial charge in [0.1, 0.15) is 0 Å². The molecule has 1 unspecified atom stereocenters. The summed E-state index contributed by atoms with van der Waals surface area (Å²) in [5, 5.41) is 0. The highest BCUT2D eigenvalue weighted by molar-refractivity contribution is 5.02. The fourth-order valence-corrected chi connectivity index (χ4v) is 5.94. The summed E-state index contributed by atoms with van der Waals surface area (Å²) in [5.74, 6) is 2.65. The lowest BCUT2D eigenvalue weighted by molar-refractivity contribution is -0.0503. The van der Waals surface area contributed by atoms with Crippen molar-refractivity contribution in [1.82, 2.24) is 4.90 Å². The second-order valence-corrected chi connectivity index (χ2v) is 8.79. The van der Waals surface area contributed by atoms with Gasteiger partial charge in [0.25, 0.3) is 0 Å². The van der Waals surface area contributed by atoms with Crippen LogP contribution >= 0.6 is 0 Å². The molecule has 5 atom stereocenters. The number of nitrogens with zero attached hydrogens (tertiary/aromatic N) is 1. The van der Waals surface area contributed by atoms with Crippen LogP contribution < -0.4 is 0 Å². The van der Waals surface area contributed by atoms with Crippen molar-refractivity contribution >= 4 is 0 Å². The summed E-state index contributed by atoms with van der Waals surface area (Å²) >= 11 is 0. The van der Waals surface area contributed by atoms with E-state index in [4.69, 9.17) is 4.74 Å². The van der Waals surface area contributed by atoms with E-state index >= 15 is 0 Å². The maximum Gasteiger partial charge on any atom is 0.0604 e. The standard InChI is InChI=1S/C20H37NO/c1-15(7-6-14-21(3)16-9-10-16)17-11-12-18-19(22-4)8-5-13-20(17,18)2/h15-19H,5-14H2,1-4H3/t15-,17-,18+,19?,20-/m1/s1. The van der Waals surface area contributed by atoms with Crippen LogP contribution in [0.1, 0.15) is 71.6 Å². The SMILES string of the molecule is COC1CCC[C@]2(C)[C@@H]([C@H](C)CCCN(C)C3CC3)CC[C@@H]12. The maximum absolute atomic E-state index is 5.84. The van der Waals surface area contributed by atoms with Crippen LogP contribution in [0.4, 0.5) is 0 Å². The van der Waals surface area contributed by atoms with Crippen molar-refractivity contribution in [3.63, 3.8) is 0 Å². The van der Waals surface area contributed by atoms with Crippen LogP contribution in [-0.4, -0.2) is 37.7 Å². The van der Waals surface area contributed by atoms with Gasteiger partial charge in [-0.1, -0.05) is 20.3 Å². The van der Waals surface area contributed by atoms with Crippen molar-refractivity contribution in [2.45, 2.75) is 83.8 Å². The molecular formula is C20H37NO. The predicted octanol–water partition coefficient (Wildman–Crippen LogP) is 4.73. The summed E-state index contributed by atoms with van der Waals surface area (Å²) in [5.41, 5.74) is 0.556. The van der Waals surface area contributed by atoms with Gasteiger partial charge in [-0.05, 0) is 88.1 Å². The third-order valence-corrected chi connectivity index (χ3v) is 7.47. The number of methoxy groups -OCH3 is 1. The molecule has 2 nitrogen and oxygen atoms in total. The fourth-order valence-electron chi connectivity index (χ4n) is 5.94. The number of ether oxygens (including phenoxy) is 1. The second kappa shape index (κ2) is 6.81. The van der Waals surface area contributed by atoms with Gasteiger partial charge in [0, 0.05) is 13.2 Å². The quantitative estimate of drug-likeness (QED) is 0.674. The number of hydrogen-bond acceptors (Lipinski definition) is 2. The Balaban J connectivity index is 1.52. The minimum absolute atomic E-state index is 0.539. The van der Waals surface area contributed by atoms with E-state index < -0.39 is 0 Å². The molecule has 0 radical (unpaired) electrons. The Morgan fingerprint density at radius 2 is 1.95 bits per heavy atom. The van der Waals surface area contributed by atoms with Gasteiger partial charge in [0.2, 0.25) is 0 Å². The molecule has 0 aliphatic heterocycles. The minimum Gasteiger partial charge on any atom is -0.381 e. The average Bonchev–Trinajstić information content (AvgIpc) is 3.28. The molecular weight excluding hydrogens is 270 g/mol. The Morgan fingerprint density at radius 1 is 1.18 bits per heavy atom. The molecule has 3 fully saturated rings. The lowest BCUT2D eigenvalue weighted by atomic mass is 9.61. The van der Waals surface area contributed by atoms with Crippen molar-refractivity contribution in [2.24, 2.45) is 23.2 Å². The molecule has 0 aromatic rings. The fraction of sp³-hybridized carbons (Fsp3) is 1.00. The Morgan fingerprint density at radius 3 is 2.64 bits per heavy atom. The third kappa shape index (κ3) is 3.24. The molecule has 0 heterocycles. The molecule has 3 rings (SSSR count). The number of fused-ring (bicyclic) bond motifs is 1. The molecule has 3 aliphatic carbocycles. The topological polar surface area (TPSA) is 12.5 Å². The summed E-state index contributed by atoms with van der Waals surface area (Å²) in [6, 6.07) is 0.921. The highest BCUT2D eigenvalue weighted by Crippen LogP contribution is 2.58. The second-order valence-electron chi connectivity index (χ2n) is 8.79. The van der Waals surface area contributed by atoms with E-state index in [1.54, 1.807) is 0 Å². The van der Waals surface area contributed by atoms with Crippen molar-refractivity contribution < 1.29 is 4.74 Å². The zero-order valence-corrected chi connectivity index (χ0v) is 15.3. The van der Waals surface area contributed by atoms with Crippen molar-refractivity contribution in [1.29, 1.82) is 0 Å². The third-order valence-electron chi connectivity index (χ3n) is 7.47. The predicted molar refractivity (Wildman–Crippen MR) is 93.0 cm³/mol. The van der Waals surface area contributed by atoms with E-state index in [9.17, 15) is 0 Å². The highest BCUT2D eigenvalue weighted by Gasteiger charge is 2.52. The summed E-state index contributed by atoms with van der Waals surface area (Å²) in [4.78, 5) is 2.59. The van der Waals surface area contributed by atoms with Crippen LogP contribution in [0, 0.1) is 23.2 Å². The van der Waals surface area contributed by atoms with Gasteiger partial charge in [-0.3, -0.25) is 0 Å². The van der Waals surface area contributed by atoms with Crippen molar-refractivity contribution in [3.8, 4) is 0 Å². The largest absolute Gasteiger partial charge is 0.381 e. The van der Waals surface area contributed by atoms with Crippen molar-refractivity contribution in [2.75, 3.05) is 20.7 Å². The lowest BCUT2D eigenvalue weighted by Crippen LogP contribution is -2.42. The smallest absolute Gasteiger partial charge is 0.0604 e. The molecule has 3 saturated carbocycles. The van der Waals surface area contributed by atoms with Gasteiger partial charge in [0.05, 0.1) is 6.10 Å². The Kier molecular flexibility index (Phi) is 5.19. The van der Waals surface area contributed by atoms with E-state index in [-0.39, 0.29) is 0 Å². The molecule has 0 N–H and O–H groups in total. The molecule has 0 bridgehead atoms. The van der Waals surface area contributed by atoms with E-state index in [1.807, 2.05) is 7.11 Å². The first-order chi connectivity index (χ1) is 10.6. The first-order valence-electron chi connectivity index (χ1n) is 9.79. The molecule has 128 valence electrons. The van der Waals surface area contributed by atoms with E-state index in [2.05, 4.69) is 25.8 Å². The van der Waals surface area contributed by atoms with Gasteiger partial charge >= 0.3 is 0 Å². The monoisotopic (exact) mass is 307 g/mol. The average molecular weight is 308 g/mol. The molecule has 0 aromatic carbocycles. The molecule has 22 heavy (non-hydrogen) atoms. The molecule has 3 aliphatic rings. The normalized spacial score (nSPS) is 40.0. The number of rotatable bonds is 7. The summed E-state index contributed by atoms with van der Waals surface area (Å²) < 4.78 is 5.84. The van der Waals surface area contributed by atoms with Gasteiger partial charge < -0.3 is 9.64 Å².